The van der Waals surface area contributed by atoms with Gasteiger partial charge in [0, 0.05) is 7.05 Å². The first-order valence-corrected chi connectivity index (χ1v) is 5.43. The van der Waals surface area contributed by atoms with E-state index >= 15 is 0 Å². The van der Waals surface area contributed by atoms with Gasteiger partial charge in [0.1, 0.15) is 0 Å². The fourth-order valence-corrected chi connectivity index (χ4v) is 1.66. The minimum Gasteiger partial charge on any atom is -0.283 e. The van der Waals surface area contributed by atoms with Crippen LogP contribution in [-0.4, -0.2) is 25.1 Å². The largest absolute Gasteiger partial charge is 0.433 e. The van der Waals surface area contributed by atoms with Crippen molar-refractivity contribution in [2.75, 3.05) is 7.05 Å². The smallest absolute Gasteiger partial charge is 0.283 e. The van der Waals surface area contributed by atoms with E-state index < -0.39 is 23.6 Å². The van der Waals surface area contributed by atoms with Gasteiger partial charge < -0.3 is 0 Å². The van der Waals surface area contributed by atoms with Crippen molar-refractivity contribution in [2.45, 2.75) is 45.5 Å². The summed E-state index contributed by atoms with van der Waals surface area (Å²) in [5.41, 5.74) is -3.75. The van der Waals surface area contributed by atoms with E-state index in [1.54, 1.807) is 6.92 Å². The Labute approximate surface area is 102 Å². The van der Waals surface area contributed by atoms with Crippen LogP contribution in [0.5, 0.6) is 0 Å². The highest BCUT2D eigenvalue weighted by Crippen LogP contribution is 2.37. The first-order chi connectivity index (χ1) is 8.09. The number of alkyl halides is 6. The van der Waals surface area contributed by atoms with Gasteiger partial charge in [-0.15, -0.1) is 0 Å². The molecule has 0 saturated carbocycles. The topological polar surface area (TPSA) is 12.4 Å². The average molecular weight is 275 g/mol. The second-order valence-electron chi connectivity index (χ2n) is 3.65. The van der Waals surface area contributed by atoms with Crippen LogP contribution in [0.25, 0.3) is 0 Å². The first-order valence-electron chi connectivity index (χ1n) is 5.43. The van der Waals surface area contributed by atoms with Gasteiger partial charge in [-0.25, -0.2) is 0 Å². The van der Waals surface area contributed by atoms with Crippen LogP contribution in [0.15, 0.2) is 16.1 Å². The Kier molecular flexibility index (Phi) is 5.89. The highest BCUT2D eigenvalue weighted by molar-refractivity contribution is 6.05. The van der Waals surface area contributed by atoms with Crippen LogP contribution in [0.3, 0.4) is 0 Å². The number of aliphatic imine (C=N–C) groups is 1. The van der Waals surface area contributed by atoms with Crippen molar-refractivity contribution in [2.24, 2.45) is 4.99 Å². The molecule has 0 amide bonds. The molecular weight excluding hydrogens is 260 g/mol. The molecule has 0 heterocycles. The second kappa shape index (κ2) is 6.24. The normalized spacial score (nSPS) is 15.7. The van der Waals surface area contributed by atoms with E-state index in [0.717, 1.165) is 0 Å². The summed E-state index contributed by atoms with van der Waals surface area (Å²) in [5.74, 6) is 0. The zero-order valence-corrected chi connectivity index (χ0v) is 10.3. The lowest BCUT2D eigenvalue weighted by Gasteiger charge is -2.20. The van der Waals surface area contributed by atoms with Crippen molar-refractivity contribution < 1.29 is 26.3 Å². The summed E-state index contributed by atoms with van der Waals surface area (Å²) in [6.45, 7) is 3.01. The van der Waals surface area contributed by atoms with Crippen LogP contribution in [-0.2, 0) is 0 Å². The van der Waals surface area contributed by atoms with Crippen LogP contribution in [0.4, 0.5) is 26.3 Å². The summed E-state index contributed by atoms with van der Waals surface area (Å²) >= 11 is 0. The van der Waals surface area contributed by atoms with Gasteiger partial charge in [-0.2, -0.15) is 26.3 Å². The van der Waals surface area contributed by atoms with Gasteiger partial charge >= 0.3 is 12.4 Å². The standard InChI is InChI=1S/C11H15F6N/c1-4-6-7(5-2)8(10(12,13)14)9(18-3)11(15,16)17/h4-6H2,1-3H3/b8-7+,18-9-. The fourth-order valence-electron chi connectivity index (χ4n) is 1.66. The Morgan fingerprint density at radius 1 is 0.944 bits per heavy atom. The van der Waals surface area contributed by atoms with E-state index in [2.05, 4.69) is 4.99 Å². The maximum absolute atomic E-state index is 12.8. The maximum Gasteiger partial charge on any atom is 0.433 e. The molecule has 0 bridgehead atoms. The summed E-state index contributed by atoms with van der Waals surface area (Å²) < 4.78 is 76.1. The van der Waals surface area contributed by atoms with Gasteiger partial charge in [0.25, 0.3) is 0 Å². The Bertz CT molecular complexity index is 334. The number of halogens is 6. The molecule has 0 N–H and O–H groups in total. The SMILES string of the molecule is CCC/C(CC)=C(\C(=N\C)C(F)(F)F)C(F)(F)F. The molecule has 0 unspecified atom stereocenters. The van der Waals surface area contributed by atoms with E-state index in [1.807, 2.05) is 0 Å². The molecule has 0 saturated heterocycles. The molecule has 0 radical (unpaired) electrons. The predicted octanol–water partition coefficient (Wildman–Crippen LogP) is 4.69. The quantitative estimate of drug-likeness (QED) is 0.521. The zero-order chi connectivity index (χ0) is 14.6. The third-order valence-electron chi connectivity index (χ3n) is 2.34. The van der Waals surface area contributed by atoms with Crippen LogP contribution in [0.2, 0.25) is 0 Å². The van der Waals surface area contributed by atoms with Gasteiger partial charge in [-0.3, -0.25) is 4.99 Å². The van der Waals surface area contributed by atoms with Crippen molar-refractivity contribution in [1.29, 1.82) is 0 Å². The number of rotatable bonds is 4. The second-order valence-corrected chi connectivity index (χ2v) is 3.65. The molecule has 7 heteroatoms. The molecule has 0 rings (SSSR count). The van der Waals surface area contributed by atoms with E-state index in [1.165, 1.54) is 6.92 Å². The molecule has 0 spiro atoms. The van der Waals surface area contributed by atoms with Gasteiger partial charge in [0.15, 0.2) is 5.71 Å². The molecule has 0 fully saturated rings. The van der Waals surface area contributed by atoms with Gasteiger partial charge in [-0.1, -0.05) is 25.8 Å². The maximum atomic E-state index is 12.8. The highest BCUT2D eigenvalue weighted by atomic mass is 19.4. The Morgan fingerprint density at radius 2 is 1.44 bits per heavy atom. The molecule has 0 aromatic rings. The molecule has 106 valence electrons. The molecule has 0 aliphatic carbocycles. The van der Waals surface area contributed by atoms with E-state index in [9.17, 15) is 26.3 Å². The van der Waals surface area contributed by atoms with E-state index in [4.69, 9.17) is 0 Å². The van der Waals surface area contributed by atoms with Crippen LogP contribution >= 0.6 is 0 Å². The van der Waals surface area contributed by atoms with Gasteiger partial charge in [0.05, 0.1) is 5.57 Å². The van der Waals surface area contributed by atoms with Crippen LogP contribution < -0.4 is 0 Å². The van der Waals surface area contributed by atoms with Crippen molar-refractivity contribution in [1.82, 2.24) is 0 Å². The molecule has 0 aliphatic rings. The van der Waals surface area contributed by atoms with Crippen molar-refractivity contribution >= 4 is 5.71 Å². The number of allylic oxidation sites excluding steroid dienone is 2. The third kappa shape index (κ3) is 4.34. The predicted molar refractivity (Wildman–Crippen MR) is 57.7 cm³/mol. The van der Waals surface area contributed by atoms with Gasteiger partial charge in [0.2, 0.25) is 0 Å². The number of hydrogen-bond acceptors (Lipinski definition) is 1. The average Bonchev–Trinajstić information content (AvgIpc) is 2.19. The van der Waals surface area contributed by atoms with Gasteiger partial charge in [-0.05, 0) is 12.8 Å². The molecular formula is C11H15F6N. The summed E-state index contributed by atoms with van der Waals surface area (Å²) in [4.78, 5) is 2.79. The molecule has 1 nitrogen and oxygen atoms in total. The number of nitrogens with zero attached hydrogens (tertiary/aromatic N) is 1. The third-order valence-corrected chi connectivity index (χ3v) is 2.34. The molecule has 0 atom stereocenters. The van der Waals surface area contributed by atoms with Crippen LogP contribution in [0.1, 0.15) is 33.1 Å². The molecule has 18 heavy (non-hydrogen) atoms. The highest BCUT2D eigenvalue weighted by Gasteiger charge is 2.48. The molecule has 0 aromatic heterocycles. The lowest BCUT2D eigenvalue weighted by Crippen LogP contribution is -2.33. The zero-order valence-electron chi connectivity index (χ0n) is 10.3. The van der Waals surface area contributed by atoms with Crippen molar-refractivity contribution in [3.63, 3.8) is 0 Å². The first kappa shape index (κ1) is 17.0. The summed E-state index contributed by atoms with van der Waals surface area (Å²) in [7, 11) is 0.716. The Hall–Kier alpha value is -1.01. The Balaban J connectivity index is 5.94. The minimum atomic E-state index is -5.10. The van der Waals surface area contributed by atoms with E-state index in [-0.39, 0.29) is 18.4 Å². The summed E-state index contributed by atoms with van der Waals surface area (Å²) in [6.07, 6.45) is -9.92. The van der Waals surface area contributed by atoms with E-state index in [0.29, 0.717) is 13.5 Å². The lowest BCUT2D eigenvalue weighted by molar-refractivity contribution is -0.0975. The van der Waals surface area contributed by atoms with Crippen LogP contribution in [0, 0.1) is 0 Å². The fraction of sp³-hybridized carbons (Fsp3) is 0.727. The van der Waals surface area contributed by atoms with Crippen molar-refractivity contribution in [3.8, 4) is 0 Å². The Morgan fingerprint density at radius 3 is 1.67 bits per heavy atom. The monoisotopic (exact) mass is 275 g/mol. The molecule has 0 aliphatic heterocycles. The molecule has 0 aromatic carbocycles. The summed E-state index contributed by atoms with van der Waals surface area (Å²) in [6, 6.07) is 0. The van der Waals surface area contributed by atoms with Crippen molar-refractivity contribution in [3.05, 3.63) is 11.1 Å². The lowest BCUT2D eigenvalue weighted by atomic mass is 9.96. The minimum absolute atomic E-state index is 0.0273. The number of hydrogen-bond donors (Lipinski definition) is 0. The summed E-state index contributed by atoms with van der Waals surface area (Å²) in [5, 5.41) is 0.